The SMILES string of the molecule is CC(O)c1ccn2ccnc2c1. The molecule has 2 aromatic rings. The summed E-state index contributed by atoms with van der Waals surface area (Å²) in [7, 11) is 0. The van der Waals surface area contributed by atoms with Crippen molar-refractivity contribution in [1.29, 1.82) is 0 Å². The van der Waals surface area contributed by atoms with Crippen molar-refractivity contribution in [1.82, 2.24) is 9.38 Å². The highest BCUT2D eigenvalue weighted by Gasteiger charge is 2.01. The molecule has 0 saturated heterocycles. The fourth-order valence-corrected chi connectivity index (χ4v) is 1.19. The lowest BCUT2D eigenvalue weighted by Crippen LogP contribution is -1.92. The summed E-state index contributed by atoms with van der Waals surface area (Å²) in [4.78, 5) is 4.11. The summed E-state index contributed by atoms with van der Waals surface area (Å²) < 4.78 is 1.91. The number of nitrogens with zero attached hydrogens (tertiary/aromatic N) is 2. The molecule has 2 rings (SSSR count). The maximum absolute atomic E-state index is 9.28. The smallest absolute Gasteiger partial charge is 0.136 e. The molecule has 0 aliphatic carbocycles. The number of imidazole rings is 1. The number of hydrogen-bond acceptors (Lipinski definition) is 2. The van der Waals surface area contributed by atoms with E-state index in [0.29, 0.717) is 0 Å². The maximum atomic E-state index is 9.28. The molecule has 0 aromatic carbocycles. The Morgan fingerprint density at radius 2 is 2.33 bits per heavy atom. The first kappa shape index (κ1) is 7.31. The zero-order chi connectivity index (χ0) is 8.55. The summed E-state index contributed by atoms with van der Waals surface area (Å²) in [5.41, 5.74) is 1.77. The molecule has 3 nitrogen and oxygen atoms in total. The first-order chi connectivity index (χ1) is 5.77. The van der Waals surface area contributed by atoms with E-state index in [4.69, 9.17) is 0 Å². The normalized spacial score (nSPS) is 13.5. The van der Waals surface area contributed by atoms with Crippen LogP contribution in [0.4, 0.5) is 0 Å². The third kappa shape index (κ3) is 1.08. The molecular formula is C9H10N2O. The standard InChI is InChI=1S/C9H10N2O/c1-7(12)8-2-4-11-5-3-10-9(11)6-8/h2-7,12H,1H3. The highest BCUT2D eigenvalue weighted by Crippen LogP contribution is 2.13. The Morgan fingerprint density at radius 3 is 3.08 bits per heavy atom. The molecule has 2 heterocycles. The summed E-state index contributed by atoms with van der Waals surface area (Å²) in [6, 6.07) is 3.77. The molecule has 1 unspecified atom stereocenters. The predicted octanol–water partition coefficient (Wildman–Crippen LogP) is 1.39. The monoisotopic (exact) mass is 162 g/mol. The van der Waals surface area contributed by atoms with Crippen LogP contribution in [-0.2, 0) is 0 Å². The van der Waals surface area contributed by atoms with Gasteiger partial charge in [-0.25, -0.2) is 4.98 Å². The van der Waals surface area contributed by atoms with E-state index in [0.717, 1.165) is 11.2 Å². The zero-order valence-corrected chi connectivity index (χ0v) is 6.81. The highest BCUT2D eigenvalue weighted by molar-refractivity contribution is 5.41. The summed E-state index contributed by atoms with van der Waals surface area (Å²) in [6.45, 7) is 1.74. The largest absolute Gasteiger partial charge is 0.389 e. The lowest BCUT2D eigenvalue weighted by molar-refractivity contribution is 0.199. The second kappa shape index (κ2) is 2.60. The molecule has 0 fully saturated rings. The minimum Gasteiger partial charge on any atom is -0.389 e. The van der Waals surface area contributed by atoms with Gasteiger partial charge in [-0.3, -0.25) is 0 Å². The van der Waals surface area contributed by atoms with Gasteiger partial charge in [0.15, 0.2) is 0 Å². The zero-order valence-electron chi connectivity index (χ0n) is 6.81. The Kier molecular flexibility index (Phi) is 1.59. The van der Waals surface area contributed by atoms with Crippen LogP contribution >= 0.6 is 0 Å². The Hall–Kier alpha value is -1.35. The van der Waals surface area contributed by atoms with Crippen LogP contribution in [0.3, 0.4) is 0 Å². The second-order valence-corrected chi connectivity index (χ2v) is 2.83. The number of rotatable bonds is 1. The van der Waals surface area contributed by atoms with E-state index >= 15 is 0 Å². The van der Waals surface area contributed by atoms with Gasteiger partial charge in [0.1, 0.15) is 5.65 Å². The van der Waals surface area contributed by atoms with Gasteiger partial charge in [-0.2, -0.15) is 0 Å². The van der Waals surface area contributed by atoms with Gasteiger partial charge < -0.3 is 9.51 Å². The molecule has 0 spiro atoms. The van der Waals surface area contributed by atoms with Crippen molar-refractivity contribution < 1.29 is 5.11 Å². The van der Waals surface area contributed by atoms with Crippen molar-refractivity contribution in [3.8, 4) is 0 Å². The van der Waals surface area contributed by atoms with Gasteiger partial charge in [0.25, 0.3) is 0 Å². The molecule has 0 radical (unpaired) electrons. The fourth-order valence-electron chi connectivity index (χ4n) is 1.19. The van der Waals surface area contributed by atoms with Gasteiger partial charge in [-0.1, -0.05) is 0 Å². The van der Waals surface area contributed by atoms with Crippen LogP contribution in [0.5, 0.6) is 0 Å². The van der Waals surface area contributed by atoms with Gasteiger partial charge in [0.2, 0.25) is 0 Å². The molecule has 0 aliphatic heterocycles. The first-order valence-corrected chi connectivity index (χ1v) is 3.88. The van der Waals surface area contributed by atoms with Crippen LogP contribution in [0.25, 0.3) is 5.65 Å². The van der Waals surface area contributed by atoms with Crippen LogP contribution < -0.4 is 0 Å². The van der Waals surface area contributed by atoms with Crippen LogP contribution in [-0.4, -0.2) is 14.5 Å². The lowest BCUT2D eigenvalue weighted by atomic mass is 10.2. The molecule has 0 aliphatic rings. The summed E-state index contributed by atoms with van der Waals surface area (Å²) in [5, 5.41) is 9.28. The van der Waals surface area contributed by atoms with E-state index in [1.165, 1.54) is 0 Å². The van der Waals surface area contributed by atoms with Crippen molar-refractivity contribution in [2.75, 3.05) is 0 Å². The Balaban J connectivity index is 2.60. The summed E-state index contributed by atoms with van der Waals surface area (Å²) in [5.74, 6) is 0. The quantitative estimate of drug-likeness (QED) is 0.688. The average molecular weight is 162 g/mol. The summed E-state index contributed by atoms with van der Waals surface area (Å²) >= 11 is 0. The summed E-state index contributed by atoms with van der Waals surface area (Å²) in [6.07, 6.45) is 5.08. The third-order valence-electron chi connectivity index (χ3n) is 1.90. The van der Waals surface area contributed by atoms with Crippen molar-refractivity contribution in [3.63, 3.8) is 0 Å². The minimum absolute atomic E-state index is 0.424. The van der Waals surface area contributed by atoms with E-state index in [1.807, 2.05) is 28.9 Å². The molecule has 12 heavy (non-hydrogen) atoms. The van der Waals surface area contributed by atoms with Crippen molar-refractivity contribution in [3.05, 3.63) is 36.3 Å². The van der Waals surface area contributed by atoms with E-state index in [1.54, 1.807) is 13.1 Å². The molecule has 1 N–H and O–H groups in total. The molecule has 1 atom stereocenters. The van der Waals surface area contributed by atoms with Gasteiger partial charge in [0.05, 0.1) is 6.10 Å². The van der Waals surface area contributed by atoms with Crippen molar-refractivity contribution >= 4 is 5.65 Å². The van der Waals surface area contributed by atoms with E-state index < -0.39 is 6.10 Å². The molecule has 0 saturated carbocycles. The van der Waals surface area contributed by atoms with Gasteiger partial charge in [0, 0.05) is 18.6 Å². The number of hydrogen-bond donors (Lipinski definition) is 1. The predicted molar refractivity (Wildman–Crippen MR) is 45.8 cm³/mol. The highest BCUT2D eigenvalue weighted by atomic mass is 16.3. The third-order valence-corrected chi connectivity index (χ3v) is 1.90. The number of aromatic nitrogens is 2. The second-order valence-electron chi connectivity index (χ2n) is 2.83. The van der Waals surface area contributed by atoms with Crippen LogP contribution in [0, 0.1) is 0 Å². The molecule has 3 heteroatoms. The van der Waals surface area contributed by atoms with Crippen LogP contribution in [0.2, 0.25) is 0 Å². The van der Waals surface area contributed by atoms with Crippen LogP contribution in [0.1, 0.15) is 18.6 Å². The Labute approximate surface area is 70.3 Å². The molecule has 0 bridgehead atoms. The Bertz CT molecular complexity index is 392. The van der Waals surface area contributed by atoms with Crippen molar-refractivity contribution in [2.45, 2.75) is 13.0 Å². The van der Waals surface area contributed by atoms with Gasteiger partial charge in [-0.05, 0) is 24.6 Å². The number of aliphatic hydroxyl groups is 1. The minimum atomic E-state index is -0.424. The number of aliphatic hydroxyl groups excluding tert-OH is 1. The Morgan fingerprint density at radius 1 is 1.50 bits per heavy atom. The average Bonchev–Trinajstić information content (AvgIpc) is 2.49. The van der Waals surface area contributed by atoms with E-state index in [-0.39, 0.29) is 0 Å². The van der Waals surface area contributed by atoms with E-state index in [9.17, 15) is 5.11 Å². The molecular weight excluding hydrogens is 152 g/mol. The molecule has 62 valence electrons. The fraction of sp³-hybridized carbons (Fsp3) is 0.222. The number of fused-ring (bicyclic) bond motifs is 1. The maximum Gasteiger partial charge on any atom is 0.136 e. The van der Waals surface area contributed by atoms with Crippen molar-refractivity contribution in [2.24, 2.45) is 0 Å². The van der Waals surface area contributed by atoms with E-state index in [2.05, 4.69) is 4.98 Å². The lowest BCUT2D eigenvalue weighted by Gasteiger charge is -2.03. The van der Waals surface area contributed by atoms with Gasteiger partial charge >= 0.3 is 0 Å². The first-order valence-electron chi connectivity index (χ1n) is 3.88. The molecule has 2 aromatic heterocycles. The number of pyridine rings is 1. The van der Waals surface area contributed by atoms with Crippen LogP contribution in [0.15, 0.2) is 30.7 Å². The topological polar surface area (TPSA) is 37.5 Å². The van der Waals surface area contributed by atoms with Gasteiger partial charge in [-0.15, -0.1) is 0 Å². The molecule has 0 amide bonds.